The zero-order chi connectivity index (χ0) is 24.4. The fourth-order valence-electron chi connectivity index (χ4n) is 2.90. The normalized spacial score (nSPS) is 11.9. The van der Waals surface area contributed by atoms with Crippen LogP contribution in [0.3, 0.4) is 0 Å². The topological polar surface area (TPSA) is 85.5 Å². The molecule has 12 heteroatoms. The van der Waals surface area contributed by atoms with Gasteiger partial charge in [-0.05, 0) is 44.5 Å². The highest BCUT2D eigenvalue weighted by Gasteiger charge is 2.37. The summed E-state index contributed by atoms with van der Waals surface area (Å²) in [5.74, 6) is -3.10. The lowest BCUT2D eigenvalue weighted by molar-refractivity contribution is -0.143. The maximum atomic E-state index is 12.9. The van der Waals surface area contributed by atoms with E-state index in [1.807, 2.05) is 0 Å². The van der Waals surface area contributed by atoms with Gasteiger partial charge in [-0.15, -0.1) is 0 Å². The van der Waals surface area contributed by atoms with E-state index in [2.05, 4.69) is 9.72 Å². The third kappa shape index (κ3) is 5.48. The van der Waals surface area contributed by atoms with Crippen LogP contribution in [0.15, 0.2) is 18.2 Å². The molecule has 0 spiro atoms. The third-order valence-corrected chi connectivity index (χ3v) is 4.35. The van der Waals surface area contributed by atoms with Crippen LogP contribution in [0, 0.1) is 13.8 Å². The van der Waals surface area contributed by atoms with Gasteiger partial charge in [0.25, 0.3) is 0 Å². The molecule has 1 N–H and O–H groups in total. The highest BCUT2D eigenvalue weighted by atomic mass is 19.4. The zero-order valence-electron chi connectivity index (χ0n) is 17.0. The Hall–Kier alpha value is -3.31. The maximum absolute atomic E-state index is 12.9. The first-order valence-electron chi connectivity index (χ1n) is 9.02. The van der Waals surface area contributed by atoms with E-state index < -0.39 is 53.4 Å². The number of hydrogen-bond donors (Lipinski definition) is 1. The van der Waals surface area contributed by atoms with E-state index >= 15 is 0 Å². The zero-order valence-corrected chi connectivity index (χ0v) is 17.0. The fraction of sp³-hybridized carbons (Fsp3) is 0.350. The molecule has 0 aliphatic carbocycles. The van der Waals surface area contributed by atoms with Crippen molar-refractivity contribution in [2.24, 2.45) is 0 Å². The van der Waals surface area contributed by atoms with Crippen LogP contribution in [0.25, 0.3) is 0 Å². The van der Waals surface area contributed by atoms with Crippen molar-refractivity contribution in [3.8, 4) is 0 Å². The van der Waals surface area contributed by atoms with E-state index in [-0.39, 0.29) is 41.6 Å². The highest BCUT2D eigenvalue weighted by molar-refractivity contribution is 6.03. The van der Waals surface area contributed by atoms with Crippen LogP contribution in [0.2, 0.25) is 0 Å². The molecule has 174 valence electrons. The molecule has 2 rings (SSSR count). The molecule has 1 heterocycles. The number of ether oxygens (including phenoxy) is 2. The standard InChI is InChI=1S/C20H17F6NO5/c1-4-31-18(30)15-9(2)16(27-10(15)3)14(28)8-32-17(29)11-5-12(19(21,22)23)7-13(6-11)20(24,25)26/h5-7,27H,4,8H2,1-3H3. The number of ketones is 1. The minimum absolute atomic E-state index is 0.0840. The molecule has 1 aromatic carbocycles. The number of nitrogens with one attached hydrogen (secondary N) is 1. The lowest BCUT2D eigenvalue weighted by Crippen LogP contribution is -2.18. The number of Topliss-reactive ketones (excluding diaryl/α,β-unsaturated/α-hetero) is 1. The summed E-state index contributed by atoms with van der Waals surface area (Å²) in [6, 6.07) is 0.264. The van der Waals surface area contributed by atoms with Crippen LogP contribution in [-0.4, -0.2) is 35.9 Å². The van der Waals surface area contributed by atoms with Gasteiger partial charge in [0, 0.05) is 5.69 Å². The fourth-order valence-corrected chi connectivity index (χ4v) is 2.90. The largest absolute Gasteiger partial charge is 0.462 e. The molecule has 0 unspecified atom stereocenters. The molecule has 0 aliphatic heterocycles. The second-order valence-corrected chi connectivity index (χ2v) is 6.64. The Morgan fingerprint density at radius 3 is 1.88 bits per heavy atom. The quantitative estimate of drug-likeness (QED) is 0.373. The lowest BCUT2D eigenvalue weighted by Gasteiger charge is -2.13. The molecule has 0 saturated carbocycles. The number of carbonyl (C=O) groups is 3. The summed E-state index contributed by atoms with van der Waals surface area (Å²) in [5, 5.41) is 0. The summed E-state index contributed by atoms with van der Waals surface area (Å²) in [5.41, 5.74) is -3.94. The smallest absolute Gasteiger partial charge is 0.416 e. The number of esters is 2. The first-order chi connectivity index (χ1) is 14.7. The van der Waals surface area contributed by atoms with Crippen LogP contribution in [0.4, 0.5) is 26.3 Å². The van der Waals surface area contributed by atoms with E-state index in [0.717, 1.165) is 0 Å². The van der Waals surface area contributed by atoms with Gasteiger partial charge in [0.05, 0.1) is 34.6 Å². The van der Waals surface area contributed by atoms with Crippen molar-refractivity contribution in [3.63, 3.8) is 0 Å². The van der Waals surface area contributed by atoms with E-state index in [1.165, 1.54) is 13.8 Å². The second-order valence-electron chi connectivity index (χ2n) is 6.64. The van der Waals surface area contributed by atoms with Crippen LogP contribution >= 0.6 is 0 Å². The molecule has 0 saturated heterocycles. The molecule has 1 aromatic heterocycles. The summed E-state index contributed by atoms with van der Waals surface area (Å²) in [4.78, 5) is 39.1. The number of benzene rings is 1. The molecule has 0 fully saturated rings. The SMILES string of the molecule is CCOC(=O)c1c(C)[nH]c(C(=O)COC(=O)c2cc(C(F)(F)F)cc(C(F)(F)F)c2)c1C. The summed E-state index contributed by atoms with van der Waals surface area (Å²) < 4.78 is 87.1. The van der Waals surface area contributed by atoms with Crippen molar-refractivity contribution in [1.29, 1.82) is 0 Å². The van der Waals surface area contributed by atoms with Gasteiger partial charge in [0.2, 0.25) is 5.78 Å². The number of alkyl halides is 6. The Bertz CT molecular complexity index is 1020. The van der Waals surface area contributed by atoms with Crippen molar-refractivity contribution in [3.05, 3.63) is 57.4 Å². The Balaban J connectivity index is 2.25. The van der Waals surface area contributed by atoms with Gasteiger partial charge in [0.15, 0.2) is 6.61 Å². The van der Waals surface area contributed by atoms with Crippen molar-refractivity contribution >= 4 is 17.7 Å². The van der Waals surface area contributed by atoms with E-state index in [9.17, 15) is 40.7 Å². The lowest BCUT2D eigenvalue weighted by atomic mass is 10.0. The monoisotopic (exact) mass is 465 g/mol. The van der Waals surface area contributed by atoms with Crippen LogP contribution < -0.4 is 0 Å². The number of aryl methyl sites for hydroxylation is 1. The first kappa shape index (κ1) is 25.0. The van der Waals surface area contributed by atoms with Gasteiger partial charge >= 0.3 is 24.3 Å². The molecular weight excluding hydrogens is 448 g/mol. The number of rotatable bonds is 6. The number of H-pyrrole nitrogens is 1. The van der Waals surface area contributed by atoms with Gasteiger partial charge in [0.1, 0.15) is 0 Å². The summed E-state index contributed by atoms with van der Waals surface area (Å²) in [7, 11) is 0. The van der Waals surface area contributed by atoms with Crippen LogP contribution in [0.1, 0.15) is 60.5 Å². The van der Waals surface area contributed by atoms with Crippen molar-refractivity contribution in [1.82, 2.24) is 4.98 Å². The molecule has 2 aromatic rings. The average Bonchev–Trinajstić information content (AvgIpc) is 2.98. The van der Waals surface area contributed by atoms with Gasteiger partial charge in [-0.3, -0.25) is 4.79 Å². The number of aromatic nitrogens is 1. The molecule has 32 heavy (non-hydrogen) atoms. The Morgan fingerprint density at radius 2 is 1.41 bits per heavy atom. The average molecular weight is 465 g/mol. The number of carbonyl (C=O) groups excluding carboxylic acids is 3. The van der Waals surface area contributed by atoms with Gasteiger partial charge in [-0.2, -0.15) is 26.3 Å². The van der Waals surface area contributed by atoms with Gasteiger partial charge in [-0.1, -0.05) is 0 Å². The molecule has 0 bridgehead atoms. The Kier molecular flexibility index (Phi) is 7.06. The predicted molar refractivity (Wildman–Crippen MR) is 97.3 cm³/mol. The predicted octanol–water partition coefficient (Wildman–Crippen LogP) is 4.89. The third-order valence-electron chi connectivity index (χ3n) is 4.35. The van der Waals surface area contributed by atoms with Crippen molar-refractivity contribution in [2.45, 2.75) is 33.1 Å². The van der Waals surface area contributed by atoms with Gasteiger partial charge in [-0.25, -0.2) is 9.59 Å². The van der Waals surface area contributed by atoms with Crippen LogP contribution in [-0.2, 0) is 21.8 Å². The molecule has 6 nitrogen and oxygen atoms in total. The number of hydrogen-bond acceptors (Lipinski definition) is 5. The van der Waals surface area contributed by atoms with E-state index in [4.69, 9.17) is 4.74 Å². The molecule has 0 aliphatic rings. The van der Waals surface area contributed by atoms with E-state index in [0.29, 0.717) is 5.69 Å². The minimum atomic E-state index is -5.14. The number of aromatic amines is 1. The summed E-state index contributed by atoms with van der Waals surface area (Å²) in [6.07, 6.45) is -10.3. The van der Waals surface area contributed by atoms with Crippen molar-refractivity contribution in [2.75, 3.05) is 13.2 Å². The van der Waals surface area contributed by atoms with Crippen molar-refractivity contribution < 1.29 is 50.2 Å². The summed E-state index contributed by atoms with van der Waals surface area (Å²) in [6.45, 7) is 3.59. The van der Waals surface area contributed by atoms with Crippen LogP contribution in [0.5, 0.6) is 0 Å². The molecular formula is C20H17F6NO5. The molecule has 0 atom stereocenters. The summed E-state index contributed by atoms with van der Waals surface area (Å²) >= 11 is 0. The first-order valence-corrected chi connectivity index (χ1v) is 9.02. The number of halogens is 6. The second kappa shape index (κ2) is 9.05. The Labute approximate surface area is 177 Å². The minimum Gasteiger partial charge on any atom is -0.462 e. The Morgan fingerprint density at radius 1 is 0.875 bits per heavy atom. The molecule has 0 amide bonds. The maximum Gasteiger partial charge on any atom is 0.416 e. The highest BCUT2D eigenvalue weighted by Crippen LogP contribution is 2.36. The van der Waals surface area contributed by atoms with E-state index in [1.54, 1.807) is 6.92 Å². The van der Waals surface area contributed by atoms with Gasteiger partial charge < -0.3 is 14.5 Å². The molecule has 0 radical (unpaired) electrons.